The normalized spacial score (nSPS) is 17.0. The highest BCUT2D eigenvalue weighted by Gasteiger charge is 2.11. The van der Waals surface area contributed by atoms with E-state index in [-0.39, 0.29) is 24.0 Å². The smallest absolute Gasteiger partial charge is 0.191 e. The molecule has 3 N–H and O–H groups in total. The molecule has 0 unspecified atom stereocenters. The molecule has 0 amide bonds. The van der Waals surface area contributed by atoms with Crippen LogP contribution in [0.1, 0.15) is 5.69 Å². The van der Waals surface area contributed by atoms with Crippen LogP contribution in [0.15, 0.2) is 17.3 Å². The molecule has 0 aromatic carbocycles. The summed E-state index contributed by atoms with van der Waals surface area (Å²) in [6, 6.07) is 1.89. The Morgan fingerprint density at radius 1 is 1.56 bits per heavy atom. The maximum Gasteiger partial charge on any atom is 0.191 e. The van der Waals surface area contributed by atoms with E-state index < -0.39 is 0 Å². The van der Waals surface area contributed by atoms with Gasteiger partial charge in [0, 0.05) is 19.3 Å². The van der Waals surface area contributed by atoms with Crippen LogP contribution in [0.2, 0.25) is 0 Å². The second kappa shape index (κ2) is 6.69. The average molecular weight is 337 g/mol. The van der Waals surface area contributed by atoms with Crippen molar-refractivity contribution in [3.8, 4) is 0 Å². The lowest BCUT2D eigenvalue weighted by atomic mass is 10.4. The van der Waals surface area contributed by atoms with E-state index in [0.717, 1.165) is 32.0 Å². The third kappa shape index (κ3) is 3.63. The van der Waals surface area contributed by atoms with Crippen LogP contribution >= 0.6 is 24.0 Å². The lowest BCUT2D eigenvalue weighted by Crippen LogP contribution is -2.44. The number of nitrogens with one attached hydrogen (secondary N) is 1. The number of aromatic amines is 1. The molecule has 1 aromatic heterocycles. The zero-order valence-electron chi connectivity index (χ0n) is 8.93. The van der Waals surface area contributed by atoms with Gasteiger partial charge in [0.1, 0.15) is 0 Å². The molecule has 16 heavy (non-hydrogen) atoms. The first kappa shape index (κ1) is 13.2. The Morgan fingerprint density at radius 3 is 2.94 bits per heavy atom. The second-order valence-electron chi connectivity index (χ2n) is 3.36. The fraction of sp³-hybridized carbons (Fsp3) is 0.556. The van der Waals surface area contributed by atoms with Crippen LogP contribution in [0, 0.1) is 0 Å². The van der Waals surface area contributed by atoms with Gasteiger partial charge in [-0.2, -0.15) is 5.10 Å². The van der Waals surface area contributed by atoms with Crippen molar-refractivity contribution in [3.05, 3.63) is 18.0 Å². The van der Waals surface area contributed by atoms with Crippen LogP contribution < -0.4 is 5.73 Å². The van der Waals surface area contributed by atoms with Crippen molar-refractivity contribution in [1.82, 2.24) is 15.1 Å². The summed E-state index contributed by atoms with van der Waals surface area (Å²) in [5.74, 6) is 0.577. The third-order valence-corrected chi connectivity index (χ3v) is 2.30. The first-order chi connectivity index (χ1) is 7.36. The number of nitrogens with two attached hydrogens (primary N) is 1. The molecule has 1 saturated heterocycles. The molecule has 7 heteroatoms. The van der Waals surface area contributed by atoms with Gasteiger partial charge in [-0.25, -0.2) is 4.99 Å². The van der Waals surface area contributed by atoms with Crippen LogP contribution in [-0.2, 0) is 11.3 Å². The van der Waals surface area contributed by atoms with Crippen molar-refractivity contribution in [2.75, 3.05) is 26.3 Å². The Balaban J connectivity index is 0.00000128. The fourth-order valence-corrected chi connectivity index (χ4v) is 1.43. The number of nitrogens with zero attached hydrogens (tertiary/aromatic N) is 3. The Kier molecular flexibility index (Phi) is 5.53. The van der Waals surface area contributed by atoms with Gasteiger partial charge in [-0.05, 0) is 6.07 Å². The monoisotopic (exact) mass is 337 g/mol. The Bertz CT molecular complexity index is 321. The zero-order valence-corrected chi connectivity index (χ0v) is 11.3. The largest absolute Gasteiger partial charge is 0.378 e. The molecule has 0 saturated carbocycles. The van der Waals surface area contributed by atoms with Crippen LogP contribution in [0.3, 0.4) is 0 Å². The quantitative estimate of drug-likeness (QED) is 0.458. The zero-order chi connectivity index (χ0) is 10.5. The Hall–Kier alpha value is -0.830. The fourth-order valence-electron chi connectivity index (χ4n) is 1.43. The summed E-state index contributed by atoms with van der Waals surface area (Å²) in [6.45, 7) is 3.63. The second-order valence-corrected chi connectivity index (χ2v) is 3.36. The van der Waals surface area contributed by atoms with Crippen LogP contribution in [0.5, 0.6) is 0 Å². The molecule has 1 fully saturated rings. The Morgan fingerprint density at radius 2 is 2.31 bits per heavy atom. The van der Waals surface area contributed by atoms with E-state index in [1.165, 1.54) is 0 Å². The molecule has 1 aliphatic heterocycles. The number of hydrogen-bond donors (Lipinski definition) is 2. The first-order valence-corrected chi connectivity index (χ1v) is 4.97. The number of aromatic nitrogens is 2. The van der Waals surface area contributed by atoms with Gasteiger partial charge in [0.2, 0.25) is 0 Å². The molecule has 1 aliphatic rings. The molecule has 0 spiro atoms. The van der Waals surface area contributed by atoms with Crippen molar-refractivity contribution in [2.45, 2.75) is 6.54 Å². The van der Waals surface area contributed by atoms with E-state index in [4.69, 9.17) is 10.5 Å². The van der Waals surface area contributed by atoms with Crippen LogP contribution in [-0.4, -0.2) is 47.4 Å². The minimum Gasteiger partial charge on any atom is -0.378 e. The highest BCUT2D eigenvalue weighted by atomic mass is 127. The van der Waals surface area contributed by atoms with E-state index in [1.807, 2.05) is 11.0 Å². The molecule has 0 aliphatic carbocycles. The highest BCUT2D eigenvalue weighted by molar-refractivity contribution is 14.0. The van der Waals surface area contributed by atoms with E-state index >= 15 is 0 Å². The number of H-pyrrole nitrogens is 1. The molecular weight excluding hydrogens is 321 g/mol. The summed E-state index contributed by atoms with van der Waals surface area (Å²) < 4.78 is 5.23. The predicted octanol–water partition coefficient (Wildman–Crippen LogP) is 0.175. The van der Waals surface area contributed by atoms with Gasteiger partial charge in [0.15, 0.2) is 5.96 Å². The number of hydrogen-bond acceptors (Lipinski definition) is 3. The number of halogens is 1. The molecular formula is C9H16IN5O. The topological polar surface area (TPSA) is 79.5 Å². The lowest BCUT2D eigenvalue weighted by molar-refractivity contribution is 0.0674. The number of rotatable bonds is 2. The van der Waals surface area contributed by atoms with Gasteiger partial charge in [-0.1, -0.05) is 0 Å². The average Bonchev–Trinajstić information content (AvgIpc) is 2.80. The summed E-state index contributed by atoms with van der Waals surface area (Å²) >= 11 is 0. The minimum absolute atomic E-state index is 0. The molecule has 90 valence electrons. The van der Waals surface area contributed by atoms with Crippen LogP contribution in [0.25, 0.3) is 0 Å². The molecule has 2 rings (SSSR count). The van der Waals surface area contributed by atoms with Crippen molar-refractivity contribution in [3.63, 3.8) is 0 Å². The Labute approximate surface area is 111 Å². The first-order valence-electron chi connectivity index (χ1n) is 4.97. The predicted molar refractivity (Wildman–Crippen MR) is 71.7 cm³/mol. The molecule has 0 radical (unpaired) electrons. The molecule has 1 aromatic rings. The van der Waals surface area contributed by atoms with Gasteiger partial charge >= 0.3 is 0 Å². The molecule has 0 atom stereocenters. The molecule has 2 heterocycles. The summed E-state index contributed by atoms with van der Waals surface area (Å²) in [7, 11) is 0. The van der Waals surface area contributed by atoms with Crippen LogP contribution in [0.4, 0.5) is 0 Å². The number of ether oxygens (including phenoxy) is 1. The number of guanidine groups is 1. The van der Waals surface area contributed by atoms with E-state index in [0.29, 0.717) is 12.5 Å². The van der Waals surface area contributed by atoms with Crippen molar-refractivity contribution in [1.29, 1.82) is 0 Å². The standard InChI is InChI=1S/C9H15N5O.HI/c10-9(14-3-5-15-6-4-14)11-7-8-1-2-12-13-8;/h1-2H,3-7H2,(H2,10,11)(H,12,13);1H. The highest BCUT2D eigenvalue weighted by Crippen LogP contribution is 1.98. The van der Waals surface area contributed by atoms with Gasteiger partial charge in [-0.15, -0.1) is 24.0 Å². The SMILES string of the molecule is I.NC(=NCc1ccn[nH]1)N1CCOCC1. The van der Waals surface area contributed by atoms with E-state index in [9.17, 15) is 0 Å². The van der Waals surface area contributed by atoms with Gasteiger partial charge in [-0.3, -0.25) is 5.10 Å². The van der Waals surface area contributed by atoms with E-state index in [1.54, 1.807) is 6.20 Å². The summed E-state index contributed by atoms with van der Waals surface area (Å²) in [6.07, 6.45) is 1.70. The maximum atomic E-state index is 5.85. The van der Waals surface area contributed by atoms with E-state index in [2.05, 4.69) is 15.2 Å². The van der Waals surface area contributed by atoms with Gasteiger partial charge in [0.05, 0.1) is 25.5 Å². The van der Waals surface area contributed by atoms with Gasteiger partial charge < -0.3 is 15.4 Å². The third-order valence-electron chi connectivity index (χ3n) is 2.30. The number of aliphatic imine (C=N–C) groups is 1. The van der Waals surface area contributed by atoms with Crippen molar-refractivity contribution in [2.24, 2.45) is 10.7 Å². The van der Waals surface area contributed by atoms with Crippen molar-refractivity contribution >= 4 is 29.9 Å². The van der Waals surface area contributed by atoms with Crippen molar-refractivity contribution < 1.29 is 4.74 Å². The van der Waals surface area contributed by atoms with Gasteiger partial charge in [0.25, 0.3) is 0 Å². The summed E-state index contributed by atoms with van der Waals surface area (Å²) in [4.78, 5) is 6.31. The molecule has 0 bridgehead atoms. The minimum atomic E-state index is 0. The number of morpholine rings is 1. The maximum absolute atomic E-state index is 5.85. The lowest BCUT2D eigenvalue weighted by Gasteiger charge is -2.27. The summed E-state index contributed by atoms with van der Waals surface area (Å²) in [5.41, 5.74) is 6.82. The summed E-state index contributed by atoms with van der Waals surface area (Å²) in [5, 5.41) is 6.68. The molecule has 6 nitrogen and oxygen atoms in total.